The van der Waals surface area contributed by atoms with Gasteiger partial charge in [-0.05, 0) is 98.5 Å². The number of rotatable bonds is 3. The molecule has 0 heterocycles. The van der Waals surface area contributed by atoms with Crippen LogP contribution in [-0.2, 0) is 4.79 Å². The first kappa shape index (κ1) is 16.8. The van der Waals surface area contributed by atoms with Crippen molar-refractivity contribution >= 4 is 28.9 Å². The van der Waals surface area contributed by atoms with E-state index in [2.05, 4.69) is 10.6 Å². The maximum Gasteiger partial charge on any atom is 0.226 e. The molecule has 5 rings (SSSR count). The van der Waals surface area contributed by atoms with Crippen molar-refractivity contribution < 1.29 is 9.90 Å². The van der Waals surface area contributed by atoms with Gasteiger partial charge in [-0.15, -0.1) is 0 Å². The van der Waals surface area contributed by atoms with Crippen LogP contribution in [0.15, 0.2) is 18.2 Å². The smallest absolute Gasteiger partial charge is 0.226 e. The van der Waals surface area contributed by atoms with Gasteiger partial charge in [0.25, 0.3) is 0 Å². The first-order chi connectivity index (χ1) is 11.9. The summed E-state index contributed by atoms with van der Waals surface area (Å²) in [5.74, 6) is 2.66. The molecule has 0 saturated heterocycles. The minimum absolute atomic E-state index is 0.00610. The average Bonchev–Trinajstić information content (AvgIpc) is 2.48. The number of aromatic hydroxyl groups is 1. The molecule has 4 aliphatic rings. The molecule has 1 aromatic carbocycles. The van der Waals surface area contributed by atoms with Crippen LogP contribution in [0.25, 0.3) is 0 Å². The van der Waals surface area contributed by atoms with Crippen molar-refractivity contribution in [2.24, 2.45) is 23.2 Å². The highest BCUT2D eigenvalue weighted by atomic mass is 32.1. The summed E-state index contributed by atoms with van der Waals surface area (Å²) in [4.78, 5) is 12.6. The van der Waals surface area contributed by atoms with E-state index in [4.69, 9.17) is 12.2 Å². The molecule has 0 unspecified atom stereocenters. The quantitative estimate of drug-likeness (QED) is 0.562. The SMILES string of the molecule is Cc1ccc(O)c(NC(=S)NC(=O)CC23CC4CC(CC(C4)C2)C3)c1. The summed E-state index contributed by atoms with van der Waals surface area (Å²) >= 11 is 5.27. The highest BCUT2D eigenvalue weighted by Gasteiger charge is 2.51. The molecule has 1 amide bonds. The van der Waals surface area contributed by atoms with Crippen molar-refractivity contribution in [2.45, 2.75) is 51.9 Å². The first-order valence-electron chi connectivity index (χ1n) is 9.31. The van der Waals surface area contributed by atoms with E-state index in [-0.39, 0.29) is 22.2 Å². The van der Waals surface area contributed by atoms with E-state index in [1.54, 1.807) is 6.07 Å². The van der Waals surface area contributed by atoms with Gasteiger partial charge in [-0.25, -0.2) is 0 Å². The fourth-order valence-corrected chi connectivity index (χ4v) is 6.15. The van der Waals surface area contributed by atoms with Gasteiger partial charge in [-0.1, -0.05) is 6.07 Å². The summed E-state index contributed by atoms with van der Waals surface area (Å²) in [5.41, 5.74) is 1.75. The lowest BCUT2D eigenvalue weighted by Gasteiger charge is -2.56. The van der Waals surface area contributed by atoms with Crippen LogP contribution in [0.1, 0.15) is 50.5 Å². The van der Waals surface area contributed by atoms with Gasteiger partial charge in [0.05, 0.1) is 5.69 Å². The number of aryl methyl sites for hydroxylation is 1. The van der Waals surface area contributed by atoms with E-state index < -0.39 is 0 Å². The predicted octanol–water partition coefficient (Wildman–Crippen LogP) is 4.12. The van der Waals surface area contributed by atoms with Gasteiger partial charge in [-0.3, -0.25) is 4.79 Å². The zero-order valence-corrected chi connectivity index (χ0v) is 15.5. The Labute approximate surface area is 154 Å². The standard InChI is InChI=1S/C20H26N2O2S/c1-12-2-3-17(23)16(4-12)21-19(25)22-18(24)11-20-8-13-5-14(9-20)7-15(6-13)10-20/h2-4,13-15,23H,5-11H2,1H3,(H2,21,22,24,25). The molecule has 134 valence electrons. The molecule has 4 nitrogen and oxygen atoms in total. The molecular formula is C20H26N2O2S. The van der Waals surface area contributed by atoms with Gasteiger partial charge >= 0.3 is 0 Å². The van der Waals surface area contributed by atoms with E-state index in [1.807, 2.05) is 19.1 Å². The number of hydrogen-bond acceptors (Lipinski definition) is 3. The Morgan fingerprint density at radius 2 is 1.80 bits per heavy atom. The molecular weight excluding hydrogens is 332 g/mol. The van der Waals surface area contributed by atoms with Gasteiger partial charge in [-0.2, -0.15) is 0 Å². The highest BCUT2D eigenvalue weighted by molar-refractivity contribution is 7.80. The summed E-state index contributed by atoms with van der Waals surface area (Å²) < 4.78 is 0. The van der Waals surface area contributed by atoms with Crippen LogP contribution in [0, 0.1) is 30.1 Å². The minimum atomic E-state index is 0.00610. The van der Waals surface area contributed by atoms with Gasteiger partial charge in [0.2, 0.25) is 5.91 Å². The van der Waals surface area contributed by atoms with Crippen molar-refractivity contribution in [1.82, 2.24) is 5.32 Å². The number of amides is 1. The Morgan fingerprint density at radius 1 is 1.20 bits per heavy atom. The molecule has 3 N–H and O–H groups in total. The van der Waals surface area contributed by atoms with E-state index >= 15 is 0 Å². The lowest BCUT2D eigenvalue weighted by atomic mass is 9.49. The van der Waals surface area contributed by atoms with E-state index in [9.17, 15) is 9.90 Å². The fraction of sp³-hybridized carbons (Fsp3) is 0.600. The van der Waals surface area contributed by atoms with Crippen molar-refractivity contribution in [3.05, 3.63) is 23.8 Å². The molecule has 4 fully saturated rings. The molecule has 1 aromatic rings. The molecule has 0 atom stereocenters. The lowest BCUT2D eigenvalue weighted by molar-refractivity contribution is -0.127. The van der Waals surface area contributed by atoms with Crippen molar-refractivity contribution in [3.63, 3.8) is 0 Å². The zero-order chi connectivity index (χ0) is 17.6. The minimum Gasteiger partial charge on any atom is -0.506 e. The second-order valence-electron chi connectivity index (χ2n) is 8.62. The van der Waals surface area contributed by atoms with Crippen LogP contribution >= 0.6 is 12.2 Å². The molecule has 4 bridgehead atoms. The Bertz CT molecular complexity index is 680. The Kier molecular flexibility index (Phi) is 4.22. The number of phenols is 1. The van der Waals surface area contributed by atoms with Gasteiger partial charge in [0.15, 0.2) is 5.11 Å². The van der Waals surface area contributed by atoms with Gasteiger partial charge in [0, 0.05) is 6.42 Å². The number of carbonyl (C=O) groups is 1. The second kappa shape index (κ2) is 6.27. The molecule has 25 heavy (non-hydrogen) atoms. The third-order valence-electron chi connectivity index (χ3n) is 6.35. The normalized spacial score (nSPS) is 32.4. The molecule has 0 aromatic heterocycles. The van der Waals surface area contributed by atoms with Crippen molar-refractivity contribution in [2.75, 3.05) is 5.32 Å². The molecule has 0 radical (unpaired) electrons. The number of nitrogens with one attached hydrogen (secondary N) is 2. The van der Waals surface area contributed by atoms with E-state index in [0.29, 0.717) is 12.1 Å². The maximum absolute atomic E-state index is 12.6. The topological polar surface area (TPSA) is 61.4 Å². The fourth-order valence-electron chi connectivity index (χ4n) is 5.92. The third kappa shape index (κ3) is 3.52. The van der Waals surface area contributed by atoms with Gasteiger partial charge in [0.1, 0.15) is 5.75 Å². The lowest BCUT2D eigenvalue weighted by Crippen LogP contribution is -2.48. The monoisotopic (exact) mass is 358 g/mol. The van der Waals surface area contributed by atoms with Crippen LogP contribution in [0.3, 0.4) is 0 Å². The van der Waals surface area contributed by atoms with Gasteiger partial charge < -0.3 is 15.7 Å². The summed E-state index contributed by atoms with van der Waals surface area (Å²) in [6, 6.07) is 5.26. The van der Waals surface area contributed by atoms with Crippen LogP contribution in [-0.4, -0.2) is 16.1 Å². The summed E-state index contributed by atoms with van der Waals surface area (Å²) in [6.45, 7) is 1.94. The van der Waals surface area contributed by atoms with Crippen molar-refractivity contribution in [3.8, 4) is 5.75 Å². The van der Waals surface area contributed by atoms with E-state index in [0.717, 1.165) is 23.3 Å². The molecule has 0 aliphatic heterocycles. The summed E-state index contributed by atoms with van der Waals surface area (Å²) in [5, 5.41) is 15.9. The Hall–Kier alpha value is -1.62. The van der Waals surface area contributed by atoms with Crippen molar-refractivity contribution in [1.29, 1.82) is 0 Å². The first-order valence-corrected chi connectivity index (χ1v) is 9.72. The number of anilines is 1. The number of hydrogen-bond donors (Lipinski definition) is 3. The number of phenolic OH excluding ortho intramolecular Hbond substituents is 1. The Morgan fingerprint density at radius 3 is 2.40 bits per heavy atom. The Balaban J connectivity index is 1.36. The number of thiocarbonyl (C=S) groups is 1. The molecule has 0 spiro atoms. The second-order valence-corrected chi connectivity index (χ2v) is 9.03. The largest absolute Gasteiger partial charge is 0.506 e. The van der Waals surface area contributed by atoms with E-state index in [1.165, 1.54) is 38.5 Å². The number of carbonyl (C=O) groups excluding carboxylic acids is 1. The van der Waals surface area contributed by atoms with Crippen LogP contribution in [0.2, 0.25) is 0 Å². The summed E-state index contributed by atoms with van der Waals surface area (Å²) in [6.07, 6.45) is 8.37. The molecule has 4 saturated carbocycles. The zero-order valence-electron chi connectivity index (χ0n) is 14.7. The average molecular weight is 359 g/mol. The van der Waals surface area contributed by atoms with Crippen LogP contribution in [0.5, 0.6) is 5.75 Å². The van der Waals surface area contributed by atoms with Crippen LogP contribution in [0.4, 0.5) is 5.69 Å². The molecule has 5 heteroatoms. The predicted molar refractivity (Wildman–Crippen MR) is 102 cm³/mol. The van der Waals surface area contributed by atoms with Crippen LogP contribution < -0.4 is 10.6 Å². The summed E-state index contributed by atoms with van der Waals surface area (Å²) in [7, 11) is 0. The third-order valence-corrected chi connectivity index (χ3v) is 6.56. The maximum atomic E-state index is 12.6. The number of benzene rings is 1. The molecule has 4 aliphatic carbocycles. The highest BCUT2D eigenvalue weighted by Crippen LogP contribution is 2.61.